The molecule has 0 bridgehead atoms. The van der Waals surface area contributed by atoms with E-state index in [1.54, 1.807) is 0 Å². The molecule has 0 aromatic heterocycles. The molecule has 0 spiro atoms. The first kappa shape index (κ1) is 24.0. The number of amidine groups is 2. The van der Waals surface area contributed by atoms with Crippen molar-refractivity contribution >= 4 is 23.6 Å². The molecule has 182 valence electrons. The zero-order chi connectivity index (χ0) is 23.9. The minimum atomic E-state index is -0.0156. The van der Waals surface area contributed by atoms with E-state index in [2.05, 4.69) is 20.8 Å². The molecule has 2 heterocycles. The lowest BCUT2D eigenvalue weighted by Crippen LogP contribution is -2.41. The molecule has 34 heavy (non-hydrogen) atoms. The smallest absolute Gasteiger partial charge is 0.304 e. The predicted molar refractivity (Wildman–Crippen MR) is 133 cm³/mol. The van der Waals surface area contributed by atoms with Crippen molar-refractivity contribution in [1.29, 1.82) is 0 Å². The van der Waals surface area contributed by atoms with Gasteiger partial charge in [-0.25, -0.2) is 20.8 Å². The summed E-state index contributed by atoms with van der Waals surface area (Å²) in [6.07, 6.45) is 1.49. The lowest BCUT2D eigenvalue weighted by molar-refractivity contribution is 0.187. The van der Waals surface area contributed by atoms with E-state index in [0.717, 1.165) is 24.3 Å². The second kappa shape index (κ2) is 11.3. The minimum Gasteiger partial charge on any atom is -0.491 e. The Hall–Kier alpha value is -3.13. The minimum absolute atomic E-state index is 0.00501. The first-order chi connectivity index (χ1) is 16.4. The average Bonchev–Trinajstić information content (AvgIpc) is 3.43. The van der Waals surface area contributed by atoms with E-state index in [0.29, 0.717) is 30.3 Å². The number of hydrogen-bond donors (Lipinski definition) is 2. The lowest BCUT2D eigenvalue weighted by Gasteiger charge is -2.16. The van der Waals surface area contributed by atoms with Crippen LogP contribution in [0, 0.1) is 6.92 Å². The maximum atomic E-state index is 6.00. The van der Waals surface area contributed by atoms with E-state index in [9.17, 15) is 0 Å². The fourth-order valence-corrected chi connectivity index (χ4v) is 3.97. The highest BCUT2D eigenvalue weighted by Crippen LogP contribution is 2.20. The standard InChI is InChI=1S/C25H31ClN4O4/c1-16-5-4-6-23(11-16)34-18(3)13-21-15-32-25(28-21)30-29-24-27-20(14-31-24)12-17(2)33-22-9-7-19(26)8-10-22/h4-11,17-18,20-21H,12-15H2,1-3H3,(H,27,29)(H,28,30)/t17?,18?,20?,21-/m0/s1. The maximum absolute atomic E-state index is 6.00. The summed E-state index contributed by atoms with van der Waals surface area (Å²) < 4.78 is 23.2. The fraction of sp³-hybridized carbons (Fsp3) is 0.440. The Balaban J connectivity index is 1.18. The quantitative estimate of drug-likeness (QED) is 0.542. The monoisotopic (exact) mass is 486 g/mol. The molecule has 8 nitrogen and oxygen atoms in total. The van der Waals surface area contributed by atoms with Crippen molar-refractivity contribution in [2.45, 2.75) is 57.9 Å². The molecule has 3 unspecified atom stereocenters. The highest BCUT2D eigenvalue weighted by Gasteiger charge is 2.25. The van der Waals surface area contributed by atoms with E-state index in [4.69, 9.17) is 30.5 Å². The van der Waals surface area contributed by atoms with Crippen LogP contribution in [0.25, 0.3) is 0 Å². The van der Waals surface area contributed by atoms with E-state index in [-0.39, 0.29) is 24.3 Å². The third-order valence-electron chi connectivity index (χ3n) is 5.39. The zero-order valence-corrected chi connectivity index (χ0v) is 20.4. The van der Waals surface area contributed by atoms with E-state index < -0.39 is 0 Å². The van der Waals surface area contributed by atoms with Crippen molar-refractivity contribution in [2.75, 3.05) is 13.2 Å². The van der Waals surface area contributed by atoms with Crippen molar-refractivity contribution in [3.05, 3.63) is 59.1 Å². The number of ether oxygens (including phenoxy) is 4. The van der Waals surface area contributed by atoms with Crippen LogP contribution in [-0.4, -0.2) is 49.5 Å². The van der Waals surface area contributed by atoms with Crippen molar-refractivity contribution in [3.63, 3.8) is 0 Å². The number of rotatable bonds is 8. The molecule has 0 saturated carbocycles. The highest BCUT2D eigenvalue weighted by atomic mass is 35.5. The predicted octanol–water partition coefficient (Wildman–Crippen LogP) is 4.27. The third kappa shape index (κ3) is 7.18. The Morgan fingerprint density at radius 3 is 2.00 bits per heavy atom. The topological polar surface area (TPSA) is 85.7 Å². The van der Waals surface area contributed by atoms with Gasteiger partial charge in [0.05, 0.1) is 24.3 Å². The Bertz CT molecular complexity index is 1010. The van der Waals surface area contributed by atoms with Gasteiger partial charge in [0.2, 0.25) is 0 Å². The molecule has 0 amide bonds. The van der Waals surface area contributed by atoms with Crippen LogP contribution in [0.4, 0.5) is 0 Å². The summed E-state index contributed by atoms with van der Waals surface area (Å²) in [5, 5.41) is 0.685. The molecule has 2 aliphatic heterocycles. The van der Waals surface area contributed by atoms with Crippen LogP contribution < -0.4 is 20.3 Å². The first-order valence-corrected chi connectivity index (χ1v) is 11.9. The largest absolute Gasteiger partial charge is 0.491 e. The molecule has 0 radical (unpaired) electrons. The van der Waals surface area contributed by atoms with Gasteiger partial charge in [0, 0.05) is 17.9 Å². The summed E-state index contributed by atoms with van der Waals surface area (Å²) in [7, 11) is 0. The Morgan fingerprint density at radius 2 is 1.44 bits per heavy atom. The van der Waals surface area contributed by atoms with Crippen molar-refractivity contribution in [2.24, 2.45) is 9.98 Å². The van der Waals surface area contributed by atoms with Crippen LogP contribution in [0.1, 0.15) is 32.3 Å². The van der Waals surface area contributed by atoms with Gasteiger partial charge in [-0.2, -0.15) is 0 Å². The number of benzene rings is 2. The molecule has 0 aliphatic carbocycles. The van der Waals surface area contributed by atoms with Crippen LogP contribution in [0.3, 0.4) is 0 Å². The Kier molecular flexibility index (Phi) is 8.00. The van der Waals surface area contributed by atoms with Crippen molar-refractivity contribution in [3.8, 4) is 11.5 Å². The normalized spacial score (nSPS) is 20.9. The van der Waals surface area contributed by atoms with Gasteiger partial charge < -0.3 is 18.9 Å². The molecule has 0 fully saturated rings. The Morgan fingerprint density at radius 1 is 0.882 bits per heavy atom. The number of nitrogens with one attached hydrogen (secondary N) is 2. The highest BCUT2D eigenvalue weighted by molar-refractivity contribution is 6.30. The number of hydrogen-bond acceptors (Lipinski definition) is 8. The van der Waals surface area contributed by atoms with Crippen LogP contribution in [0.5, 0.6) is 11.5 Å². The summed E-state index contributed by atoms with van der Waals surface area (Å²) >= 11 is 5.92. The van der Waals surface area contributed by atoms with Gasteiger partial charge in [0.25, 0.3) is 0 Å². The van der Waals surface area contributed by atoms with Gasteiger partial charge in [-0.15, -0.1) is 0 Å². The van der Waals surface area contributed by atoms with Crippen LogP contribution >= 0.6 is 11.6 Å². The second-order valence-electron chi connectivity index (χ2n) is 8.65. The van der Waals surface area contributed by atoms with E-state index >= 15 is 0 Å². The van der Waals surface area contributed by atoms with Gasteiger partial charge in [-0.05, 0) is 62.7 Å². The summed E-state index contributed by atoms with van der Waals surface area (Å²) in [4.78, 5) is 9.12. The molecule has 4 rings (SSSR count). The third-order valence-corrected chi connectivity index (χ3v) is 5.64. The molecule has 2 N–H and O–H groups in total. The second-order valence-corrected chi connectivity index (χ2v) is 9.08. The SMILES string of the molecule is Cc1cccc(OC(C)C[C@H]2COC(NNC3=NC(CC(C)Oc4ccc(Cl)cc4)CO3)=N2)c1. The summed E-state index contributed by atoms with van der Waals surface area (Å²) in [6, 6.07) is 16.2. The maximum Gasteiger partial charge on any atom is 0.304 e. The summed E-state index contributed by atoms with van der Waals surface area (Å²) in [6.45, 7) is 7.09. The number of halogens is 1. The van der Waals surface area contributed by atoms with Crippen LogP contribution in [0.2, 0.25) is 5.02 Å². The van der Waals surface area contributed by atoms with Crippen LogP contribution in [0.15, 0.2) is 58.5 Å². The molecule has 4 atom stereocenters. The molecule has 2 aromatic carbocycles. The van der Waals surface area contributed by atoms with Gasteiger partial charge in [-0.1, -0.05) is 23.7 Å². The van der Waals surface area contributed by atoms with Gasteiger partial charge >= 0.3 is 12.0 Å². The van der Waals surface area contributed by atoms with Crippen molar-refractivity contribution in [1.82, 2.24) is 10.9 Å². The average molecular weight is 487 g/mol. The molecular formula is C25H31ClN4O4. The van der Waals surface area contributed by atoms with Gasteiger partial charge in [0.15, 0.2) is 0 Å². The molecular weight excluding hydrogens is 456 g/mol. The molecule has 2 aromatic rings. The number of aliphatic imine (C=N–C) groups is 2. The van der Waals surface area contributed by atoms with Gasteiger partial charge in [-0.3, -0.25) is 0 Å². The van der Waals surface area contributed by atoms with E-state index in [1.807, 2.05) is 69.3 Å². The number of hydrazine groups is 1. The first-order valence-electron chi connectivity index (χ1n) is 11.5. The summed E-state index contributed by atoms with van der Waals surface area (Å²) in [5.41, 5.74) is 7.05. The Labute approximate surface area is 205 Å². The van der Waals surface area contributed by atoms with Crippen molar-refractivity contribution < 1.29 is 18.9 Å². The molecule has 9 heteroatoms. The van der Waals surface area contributed by atoms with Crippen LogP contribution in [-0.2, 0) is 9.47 Å². The molecule has 2 aliphatic rings. The number of nitrogens with zero attached hydrogens (tertiary/aromatic N) is 2. The summed E-state index contributed by atoms with van der Waals surface area (Å²) in [5.74, 6) is 1.65. The number of aryl methyl sites for hydroxylation is 1. The zero-order valence-electron chi connectivity index (χ0n) is 19.7. The lowest BCUT2D eigenvalue weighted by atomic mass is 10.1. The fourth-order valence-electron chi connectivity index (χ4n) is 3.85. The van der Waals surface area contributed by atoms with Gasteiger partial charge in [0.1, 0.15) is 24.7 Å². The molecule has 0 saturated heterocycles. The van der Waals surface area contributed by atoms with E-state index in [1.165, 1.54) is 5.56 Å².